The highest BCUT2D eigenvalue weighted by Gasteiger charge is 2.23. The predicted octanol–water partition coefficient (Wildman–Crippen LogP) is 1.70. The second-order valence-corrected chi connectivity index (χ2v) is 8.46. The van der Waals surface area contributed by atoms with Crippen molar-refractivity contribution >= 4 is 38.9 Å². The molecule has 0 bridgehead atoms. The smallest absolute Gasteiger partial charge is 0.352 e. The largest absolute Gasteiger partial charge is 0.497 e. The van der Waals surface area contributed by atoms with E-state index in [2.05, 4.69) is 10.4 Å². The molecule has 0 saturated carbocycles. The van der Waals surface area contributed by atoms with Crippen molar-refractivity contribution in [1.82, 2.24) is 18.7 Å². The standard InChI is InChI=1S/C21H21N5O5S/c1-30-14-5-2-4-13(10-14)22-17(27)12-25-21(29)26-16-7-9-32-18(16)19(28)24(20(26)23-25)11-15-6-3-8-31-15/h2,4-5,7,9-10,15H,3,6,8,11-12H2,1H3,(H,22,27)/t15-/m1/s1. The molecule has 1 N–H and O–H groups in total. The van der Waals surface area contributed by atoms with Gasteiger partial charge in [-0.15, -0.1) is 16.4 Å². The van der Waals surface area contributed by atoms with Crippen molar-refractivity contribution in [2.45, 2.75) is 32.0 Å². The average Bonchev–Trinajstić information content (AvgIpc) is 3.53. The van der Waals surface area contributed by atoms with Crippen LogP contribution in [0.3, 0.4) is 0 Å². The lowest BCUT2D eigenvalue weighted by Gasteiger charge is -2.12. The summed E-state index contributed by atoms with van der Waals surface area (Å²) in [6.07, 6.45) is 1.67. The molecule has 1 atom stereocenters. The van der Waals surface area contributed by atoms with Crippen LogP contribution in [0.1, 0.15) is 12.8 Å². The summed E-state index contributed by atoms with van der Waals surface area (Å²) in [5.41, 5.74) is 0.339. The number of rotatable bonds is 6. The Morgan fingerprint density at radius 3 is 3.00 bits per heavy atom. The number of anilines is 1. The van der Waals surface area contributed by atoms with Crippen LogP contribution in [0.4, 0.5) is 5.69 Å². The SMILES string of the molecule is COc1cccc(NC(=O)Cn2nc3n(C[C@H]4CCCO4)c(=O)c4sccc4n3c2=O)c1. The van der Waals surface area contributed by atoms with Crippen molar-refractivity contribution in [3.63, 3.8) is 0 Å². The van der Waals surface area contributed by atoms with E-state index in [9.17, 15) is 14.4 Å². The van der Waals surface area contributed by atoms with Crippen molar-refractivity contribution in [2.75, 3.05) is 19.0 Å². The second kappa shape index (κ2) is 8.24. The van der Waals surface area contributed by atoms with Gasteiger partial charge in [0.05, 0.1) is 25.3 Å². The third-order valence-corrected chi connectivity index (χ3v) is 6.34. The van der Waals surface area contributed by atoms with Gasteiger partial charge in [0.25, 0.3) is 5.56 Å². The first kappa shape index (κ1) is 20.5. The molecule has 0 spiro atoms. The fourth-order valence-corrected chi connectivity index (χ4v) is 4.75. The molecule has 10 nitrogen and oxygen atoms in total. The lowest BCUT2D eigenvalue weighted by Crippen LogP contribution is -2.30. The van der Waals surface area contributed by atoms with Crippen molar-refractivity contribution < 1.29 is 14.3 Å². The van der Waals surface area contributed by atoms with Crippen molar-refractivity contribution in [2.24, 2.45) is 0 Å². The summed E-state index contributed by atoms with van der Waals surface area (Å²) in [5.74, 6) is 0.389. The highest BCUT2D eigenvalue weighted by Crippen LogP contribution is 2.20. The molecule has 1 saturated heterocycles. The Hall–Kier alpha value is -3.44. The van der Waals surface area contributed by atoms with Crippen LogP contribution in [0.2, 0.25) is 0 Å². The first-order chi connectivity index (χ1) is 15.5. The van der Waals surface area contributed by atoms with Gasteiger partial charge in [0.15, 0.2) is 0 Å². The molecule has 0 radical (unpaired) electrons. The number of carbonyl (C=O) groups excluding carboxylic acids is 1. The summed E-state index contributed by atoms with van der Waals surface area (Å²) in [4.78, 5) is 38.9. The maximum absolute atomic E-state index is 13.2. The van der Waals surface area contributed by atoms with Crippen molar-refractivity contribution in [3.05, 3.63) is 56.5 Å². The molecule has 1 aliphatic heterocycles. The molecule has 3 aromatic heterocycles. The summed E-state index contributed by atoms with van der Waals surface area (Å²) >= 11 is 1.28. The van der Waals surface area contributed by atoms with Crippen molar-refractivity contribution in [3.8, 4) is 5.75 Å². The summed E-state index contributed by atoms with van der Waals surface area (Å²) in [6, 6.07) is 8.64. The molecule has 5 rings (SSSR count). The van der Waals surface area contributed by atoms with Crippen LogP contribution in [0, 0.1) is 0 Å². The van der Waals surface area contributed by atoms with E-state index < -0.39 is 11.6 Å². The molecular weight excluding hydrogens is 434 g/mol. The summed E-state index contributed by atoms with van der Waals surface area (Å²) in [7, 11) is 1.54. The Bertz CT molecular complexity index is 1430. The number of hydrogen-bond donors (Lipinski definition) is 1. The fourth-order valence-electron chi connectivity index (χ4n) is 3.93. The molecule has 1 aromatic carbocycles. The molecule has 0 aliphatic carbocycles. The Labute approximate surface area is 185 Å². The number of amides is 1. The van der Waals surface area contributed by atoms with E-state index in [1.807, 2.05) is 0 Å². The number of hydrogen-bond acceptors (Lipinski definition) is 7. The monoisotopic (exact) mass is 455 g/mol. The number of carbonyl (C=O) groups is 1. The Kier molecular flexibility index (Phi) is 5.27. The first-order valence-corrected chi connectivity index (χ1v) is 11.1. The molecule has 1 aliphatic rings. The van der Waals surface area contributed by atoms with E-state index in [4.69, 9.17) is 9.47 Å². The van der Waals surface area contributed by atoms with Crippen LogP contribution in [-0.2, 0) is 22.6 Å². The summed E-state index contributed by atoms with van der Waals surface area (Å²) in [5, 5.41) is 8.86. The van der Waals surface area contributed by atoms with Gasteiger partial charge < -0.3 is 14.8 Å². The van der Waals surface area contributed by atoms with Gasteiger partial charge in [-0.3, -0.25) is 14.2 Å². The zero-order valence-electron chi connectivity index (χ0n) is 17.3. The highest BCUT2D eigenvalue weighted by atomic mass is 32.1. The van der Waals surface area contributed by atoms with Crippen molar-refractivity contribution in [1.29, 1.82) is 0 Å². The number of nitrogens with zero attached hydrogens (tertiary/aromatic N) is 4. The highest BCUT2D eigenvalue weighted by molar-refractivity contribution is 7.17. The summed E-state index contributed by atoms with van der Waals surface area (Å²) in [6.45, 7) is 0.669. The van der Waals surface area contributed by atoms with Gasteiger partial charge in [-0.2, -0.15) is 0 Å². The average molecular weight is 455 g/mol. The van der Waals surface area contributed by atoms with E-state index in [0.29, 0.717) is 34.8 Å². The number of benzene rings is 1. The Balaban J connectivity index is 1.52. The van der Waals surface area contributed by atoms with E-state index in [-0.39, 0.29) is 24.0 Å². The minimum absolute atomic E-state index is 0.106. The number of ether oxygens (including phenoxy) is 2. The van der Waals surface area contributed by atoms with Gasteiger partial charge in [0.2, 0.25) is 11.7 Å². The summed E-state index contributed by atoms with van der Waals surface area (Å²) < 4.78 is 15.3. The molecule has 1 fully saturated rings. The zero-order valence-corrected chi connectivity index (χ0v) is 18.1. The first-order valence-electron chi connectivity index (χ1n) is 10.2. The molecule has 4 heterocycles. The quantitative estimate of drug-likeness (QED) is 0.474. The van der Waals surface area contributed by atoms with Crippen LogP contribution in [0.15, 0.2) is 45.3 Å². The van der Waals surface area contributed by atoms with Gasteiger partial charge in [-0.05, 0) is 36.4 Å². The normalized spacial score (nSPS) is 16.1. The number of thiophene rings is 1. The third-order valence-electron chi connectivity index (χ3n) is 5.45. The van der Waals surface area contributed by atoms with Crippen LogP contribution in [-0.4, -0.2) is 44.5 Å². The molecule has 32 heavy (non-hydrogen) atoms. The lowest BCUT2D eigenvalue weighted by molar-refractivity contribution is -0.117. The van der Waals surface area contributed by atoms with E-state index >= 15 is 0 Å². The Morgan fingerprint density at radius 1 is 1.34 bits per heavy atom. The van der Waals surface area contributed by atoms with Crippen LogP contribution in [0.25, 0.3) is 16.0 Å². The van der Waals surface area contributed by atoms with Crippen LogP contribution in [0.5, 0.6) is 5.75 Å². The maximum Gasteiger partial charge on any atom is 0.352 e. The molecule has 11 heteroatoms. The van der Waals surface area contributed by atoms with Crippen LogP contribution >= 0.6 is 11.3 Å². The predicted molar refractivity (Wildman–Crippen MR) is 120 cm³/mol. The minimum atomic E-state index is -0.481. The van der Waals surface area contributed by atoms with Gasteiger partial charge in [0.1, 0.15) is 17.0 Å². The molecular formula is C21H21N5O5S. The van der Waals surface area contributed by atoms with E-state index in [1.165, 1.54) is 20.3 Å². The van der Waals surface area contributed by atoms with Gasteiger partial charge >= 0.3 is 5.69 Å². The van der Waals surface area contributed by atoms with Crippen LogP contribution < -0.4 is 21.3 Å². The second-order valence-electron chi connectivity index (χ2n) is 7.54. The molecule has 4 aromatic rings. The van der Waals surface area contributed by atoms with Gasteiger partial charge in [-0.25, -0.2) is 13.9 Å². The van der Waals surface area contributed by atoms with E-state index in [1.54, 1.807) is 42.8 Å². The Morgan fingerprint density at radius 2 is 2.22 bits per heavy atom. The lowest BCUT2D eigenvalue weighted by atomic mass is 10.2. The van der Waals surface area contributed by atoms with Gasteiger partial charge in [-0.1, -0.05) is 6.07 Å². The minimum Gasteiger partial charge on any atom is -0.497 e. The zero-order chi connectivity index (χ0) is 22.2. The topological polar surface area (TPSA) is 109 Å². The number of nitrogens with one attached hydrogen (secondary N) is 1. The molecule has 0 unspecified atom stereocenters. The molecule has 166 valence electrons. The number of methoxy groups -OCH3 is 1. The van der Waals surface area contributed by atoms with Gasteiger partial charge in [0, 0.05) is 18.4 Å². The molecule has 1 amide bonds. The number of aromatic nitrogens is 4. The fraction of sp³-hybridized carbons (Fsp3) is 0.333. The number of fused-ring (bicyclic) bond motifs is 3. The van der Waals surface area contributed by atoms with E-state index in [0.717, 1.165) is 17.5 Å². The third kappa shape index (κ3) is 3.59. The maximum atomic E-state index is 13.2.